The second kappa shape index (κ2) is 5.35. The van der Waals surface area contributed by atoms with Gasteiger partial charge in [-0.15, -0.1) is 0 Å². The molecule has 0 radical (unpaired) electrons. The highest BCUT2D eigenvalue weighted by atomic mass is 32.2. The molecule has 0 aliphatic heterocycles. The lowest BCUT2D eigenvalue weighted by molar-refractivity contribution is -0.188. The van der Waals surface area contributed by atoms with E-state index >= 15 is 0 Å². The lowest BCUT2D eigenvalue weighted by Gasteiger charge is -2.14. The maximum absolute atomic E-state index is 12.3. The number of nitrogens with zero attached hydrogens (tertiary/aromatic N) is 2. The van der Waals surface area contributed by atoms with E-state index in [1.807, 2.05) is 0 Å². The fourth-order valence-corrected chi connectivity index (χ4v) is 1.95. The van der Waals surface area contributed by atoms with Crippen molar-refractivity contribution in [2.45, 2.75) is 18.3 Å². The maximum Gasteiger partial charge on any atom is 0.403 e. The molecule has 1 atom stereocenters. The van der Waals surface area contributed by atoms with Crippen LogP contribution in [-0.4, -0.2) is 33.0 Å². The van der Waals surface area contributed by atoms with Crippen molar-refractivity contribution in [2.75, 3.05) is 5.75 Å². The van der Waals surface area contributed by atoms with E-state index in [4.69, 9.17) is 5.11 Å². The summed E-state index contributed by atoms with van der Waals surface area (Å²) in [7, 11) is 0. The molecular formula is C9H9F3N2O2S. The number of carboxylic acid groups (broad SMARTS) is 1. The largest absolute Gasteiger partial charge is 0.481 e. The number of halogens is 3. The number of aryl methyl sites for hydroxylation is 1. The molecule has 0 aliphatic rings. The summed E-state index contributed by atoms with van der Waals surface area (Å²) in [6.07, 6.45) is -3.35. The Bertz CT molecular complexity index is 411. The van der Waals surface area contributed by atoms with Crippen molar-refractivity contribution >= 4 is 17.7 Å². The van der Waals surface area contributed by atoms with E-state index in [2.05, 4.69) is 9.97 Å². The predicted octanol–water partition coefficient (Wildman–Crippen LogP) is 2.14. The van der Waals surface area contributed by atoms with Crippen LogP contribution in [0, 0.1) is 12.8 Å². The number of alkyl halides is 3. The predicted molar refractivity (Wildman–Crippen MR) is 54.7 cm³/mol. The highest BCUT2D eigenvalue weighted by Gasteiger charge is 2.45. The van der Waals surface area contributed by atoms with Crippen molar-refractivity contribution < 1.29 is 23.1 Å². The molecule has 0 fully saturated rings. The summed E-state index contributed by atoms with van der Waals surface area (Å²) in [5, 5.41) is 8.61. The van der Waals surface area contributed by atoms with Gasteiger partial charge < -0.3 is 5.11 Å². The molecule has 94 valence electrons. The summed E-state index contributed by atoms with van der Waals surface area (Å²) >= 11 is 0.675. The van der Waals surface area contributed by atoms with Gasteiger partial charge in [0.2, 0.25) is 0 Å². The Hall–Kier alpha value is -1.31. The van der Waals surface area contributed by atoms with E-state index in [1.54, 1.807) is 13.0 Å². The van der Waals surface area contributed by atoms with Crippen LogP contribution in [0.2, 0.25) is 0 Å². The van der Waals surface area contributed by atoms with E-state index in [-0.39, 0.29) is 5.16 Å². The fourth-order valence-electron chi connectivity index (χ4n) is 0.959. The molecule has 0 amide bonds. The van der Waals surface area contributed by atoms with Crippen molar-refractivity contribution in [3.8, 4) is 0 Å². The van der Waals surface area contributed by atoms with Crippen molar-refractivity contribution in [1.29, 1.82) is 0 Å². The summed E-state index contributed by atoms with van der Waals surface area (Å²) in [6.45, 7) is 1.67. The number of hydrogen-bond acceptors (Lipinski definition) is 4. The average molecular weight is 266 g/mol. The molecule has 1 aromatic rings. The normalized spacial score (nSPS) is 13.4. The second-order valence-electron chi connectivity index (χ2n) is 3.22. The van der Waals surface area contributed by atoms with Gasteiger partial charge in [-0.1, -0.05) is 11.8 Å². The number of hydrogen-bond donors (Lipinski definition) is 1. The van der Waals surface area contributed by atoms with E-state index in [9.17, 15) is 18.0 Å². The van der Waals surface area contributed by atoms with Gasteiger partial charge >= 0.3 is 12.1 Å². The Morgan fingerprint density at radius 3 is 2.71 bits per heavy atom. The van der Waals surface area contributed by atoms with Crippen LogP contribution in [0.5, 0.6) is 0 Å². The molecule has 0 saturated heterocycles. The van der Waals surface area contributed by atoms with Crippen molar-refractivity contribution in [1.82, 2.24) is 9.97 Å². The topological polar surface area (TPSA) is 63.1 Å². The van der Waals surface area contributed by atoms with Crippen molar-refractivity contribution in [2.24, 2.45) is 5.92 Å². The van der Waals surface area contributed by atoms with Crippen LogP contribution in [0.15, 0.2) is 17.4 Å². The minimum Gasteiger partial charge on any atom is -0.481 e. The zero-order valence-corrected chi connectivity index (χ0v) is 9.55. The quantitative estimate of drug-likeness (QED) is 0.668. The van der Waals surface area contributed by atoms with Crippen LogP contribution in [0.3, 0.4) is 0 Å². The second-order valence-corrected chi connectivity index (χ2v) is 4.21. The highest BCUT2D eigenvalue weighted by Crippen LogP contribution is 2.30. The zero-order chi connectivity index (χ0) is 13.1. The molecule has 1 unspecified atom stereocenters. The summed E-state index contributed by atoms with van der Waals surface area (Å²) in [5.74, 6) is -4.93. The summed E-state index contributed by atoms with van der Waals surface area (Å²) < 4.78 is 37.0. The number of carbonyl (C=O) groups is 1. The molecule has 4 nitrogen and oxygen atoms in total. The first-order chi connectivity index (χ1) is 7.80. The smallest absolute Gasteiger partial charge is 0.403 e. The molecule has 1 heterocycles. The van der Waals surface area contributed by atoms with E-state index < -0.39 is 23.8 Å². The molecular weight excluding hydrogens is 257 g/mol. The highest BCUT2D eigenvalue weighted by molar-refractivity contribution is 7.99. The number of thioether (sulfide) groups is 1. The Morgan fingerprint density at radius 1 is 1.59 bits per heavy atom. The number of rotatable bonds is 4. The zero-order valence-electron chi connectivity index (χ0n) is 8.73. The molecule has 1 aromatic heterocycles. The van der Waals surface area contributed by atoms with Crippen LogP contribution in [0.1, 0.15) is 5.69 Å². The van der Waals surface area contributed by atoms with Gasteiger partial charge in [0.15, 0.2) is 11.1 Å². The summed E-state index contributed by atoms with van der Waals surface area (Å²) in [6, 6.07) is 1.60. The molecule has 0 spiro atoms. The molecule has 17 heavy (non-hydrogen) atoms. The standard InChI is InChI=1S/C9H9F3N2O2S/c1-5-2-3-13-8(14-5)17-4-6(7(15)16)9(10,11)12/h2-3,6H,4H2,1H3,(H,15,16). The third kappa shape index (κ3) is 4.22. The molecule has 0 aliphatic carbocycles. The molecule has 0 bridgehead atoms. The number of aliphatic carboxylic acids is 1. The Balaban J connectivity index is 2.68. The fraction of sp³-hybridized carbons (Fsp3) is 0.444. The maximum atomic E-state index is 12.3. The summed E-state index contributed by atoms with van der Waals surface area (Å²) in [4.78, 5) is 18.1. The first kappa shape index (κ1) is 13.8. The SMILES string of the molecule is Cc1ccnc(SCC(C(=O)O)C(F)(F)F)n1. The van der Waals surface area contributed by atoms with Crippen LogP contribution in [-0.2, 0) is 4.79 Å². The molecule has 8 heteroatoms. The Labute approximate surface area is 99.3 Å². The van der Waals surface area contributed by atoms with E-state index in [1.165, 1.54) is 6.20 Å². The van der Waals surface area contributed by atoms with Gasteiger partial charge in [-0.2, -0.15) is 13.2 Å². The van der Waals surface area contributed by atoms with Crippen LogP contribution < -0.4 is 0 Å². The minimum absolute atomic E-state index is 0.139. The Kier molecular flexibility index (Phi) is 4.33. The number of aromatic nitrogens is 2. The monoisotopic (exact) mass is 266 g/mol. The average Bonchev–Trinajstić information content (AvgIpc) is 2.15. The summed E-state index contributed by atoms with van der Waals surface area (Å²) in [5.41, 5.74) is 0.612. The van der Waals surface area contributed by atoms with Crippen molar-refractivity contribution in [3.05, 3.63) is 18.0 Å². The first-order valence-electron chi connectivity index (χ1n) is 4.52. The third-order valence-electron chi connectivity index (χ3n) is 1.85. The third-order valence-corrected chi connectivity index (χ3v) is 2.80. The minimum atomic E-state index is -4.76. The molecule has 0 aromatic carbocycles. The van der Waals surface area contributed by atoms with Gasteiger partial charge in [-0.3, -0.25) is 4.79 Å². The van der Waals surface area contributed by atoms with Crippen LogP contribution in [0.25, 0.3) is 0 Å². The number of carboxylic acids is 1. The molecule has 0 saturated carbocycles. The van der Waals surface area contributed by atoms with Gasteiger partial charge in [-0.05, 0) is 13.0 Å². The van der Waals surface area contributed by atoms with Gasteiger partial charge in [0.1, 0.15) is 0 Å². The Morgan fingerprint density at radius 2 is 2.24 bits per heavy atom. The van der Waals surface area contributed by atoms with E-state index in [0.717, 1.165) is 0 Å². The molecule has 1 N–H and O–H groups in total. The van der Waals surface area contributed by atoms with Crippen molar-refractivity contribution in [3.63, 3.8) is 0 Å². The van der Waals surface area contributed by atoms with Crippen LogP contribution in [0.4, 0.5) is 13.2 Å². The lowest BCUT2D eigenvalue weighted by atomic mass is 10.2. The van der Waals surface area contributed by atoms with Gasteiger partial charge in [0, 0.05) is 17.6 Å². The lowest BCUT2D eigenvalue weighted by Crippen LogP contribution is -2.32. The van der Waals surface area contributed by atoms with Gasteiger partial charge in [-0.25, -0.2) is 9.97 Å². The van der Waals surface area contributed by atoms with Crippen LogP contribution >= 0.6 is 11.8 Å². The van der Waals surface area contributed by atoms with E-state index in [0.29, 0.717) is 17.5 Å². The first-order valence-corrected chi connectivity index (χ1v) is 5.51. The molecule has 1 rings (SSSR count). The van der Waals surface area contributed by atoms with Gasteiger partial charge in [0.05, 0.1) is 0 Å². The van der Waals surface area contributed by atoms with Gasteiger partial charge in [0.25, 0.3) is 0 Å².